The Morgan fingerprint density at radius 2 is 2.00 bits per heavy atom. The molecule has 0 spiro atoms. The standard InChI is InChI=1S/C21H22BrN3O/c1-3-25-19-7-5-4-6-18(19)24-20(25)13(2)23-21(26)17-12-16(17)14-8-10-15(22)11-9-14/h4-11,13,16-17H,3,12H2,1-2H3,(H,23,26). The van der Waals surface area contributed by atoms with Gasteiger partial charge in [0.2, 0.25) is 5.91 Å². The molecule has 0 bridgehead atoms. The van der Waals surface area contributed by atoms with Crippen LogP contribution in [0.1, 0.15) is 43.6 Å². The molecule has 1 saturated carbocycles. The highest BCUT2D eigenvalue weighted by Crippen LogP contribution is 2.48. The lowest BCUT2D eigenvalue weighted by Gasteiger charge is -2.15. The molecule has 1 fully saturated rings. The van der Waals surface area contributed by atoms with Crippen molar-refractivity contribution in [2.24, 2.45) is 5.92 Å². The van der Waals surface area contributed by atoms with Crippen molar-refractivity contribution in [3.63, 3.8) is 0 Å². The second-order valence-electron chi connectivity index (χ2n) is 6.93. The topological polar surface area (TPSA) is 46.9 Å². The second kappa shape index (κ2) is 6.88. The maximum absolute atomic E-state index is 12.7. The predicted molar refractivity (Wildman–Crippen MR) is 107 cm³/mol. The largest absolute Gasteiger partial charge is 0.346 e. The summed E-state index contributed by atoms with van der Waals surface area (Å²) in [6.45, 7) is 4.96. The number of nitrogens with one attached hydrogen (secondary N) is 1. The monoisotopic (exact) mass is 411 g/mol. The molecule has 1 N–H and O–H groups in total. The molecular weight excluding hydrogens is 390 g/mol. The van der Waals surface area contributed by atoms with Gasteiger partial charge < -0.3 is 9.88 Å². The smallest absolute Gasteiger partial charge is 0.224 e. The van der Waals surface area contributed by atoms with E-state index in [9.17, 15) is 4.79 Å². The normalized spacial score (nSPS) is 20.1. The molecule has 1 heterocycles. The molecule has 0 aliphatic heterocycles. The lowest BCUT2D eigenvalue weighted by Crippen LogP contribution is -2.30. The molecule has 3 unspecified atom stereocenters. The average Bonchev–Trinajstić information content (AvgIpc) is 3.35. The highest BCUT2D eigenvalue weighted by molar-refractivity contribution is 9.10. The number of amides is 1. The van der Waals surface area contributed by atoms with Crippen LogP contribution in [0.3, 0.4) is 0 Å². The molecule has 1 aliphatic carbocycles. The highest BCUT2D eigenvalue weighted by Gasteiger charge is 2.44. The molecule has 3 atom stereocenters. The van der Waals surface area contributed by atoms with Crippen molar-refractivity contribution >= 4 is 32.9 Å². The van der Waals surface area contributed by atoms with Gasteiger partial charge in [-0.25, -0.2) is 4.98 Å². The van der Waals surface area contributed by atoms with Crippen molar-refractivity contribution in [3.05, 3.63) is 64.4 Å². The van der Waals surface area contributed by atoms with Crippen molar-refractivity contribution in [1.82, 2.24) is 14.9 Å². The van der Waals surface area contributed by atoms with Gasteiger partial charge in [-0.15, -0.1) is 0 Å². The van der Waals surface area contributed by atoms with Crippen LogP contribution in [0.15, 0.2) is 53.0 Å². The van der Waals surface area contributed by atoms with E-state index in [1.165, 1.54) is 5.56 Å². The number of hydrogen-bond donors (Lipinski definition) is 1. The number of nitrogens with zero attached hydrogens (tertiary/aromatic N) is 2. The van der Waals surface area contributed by atoms with Gasteiger partial charge in [0, 0.05) is 16.9 Å². The zero-order valence-corrected chi connectivity index (χ0v) is 16.5. The summed E-state index contributed by atoms with van der Waals surface area (Å²) >= 11 is 3.46. The number of carbonyl (C=O) groups is 1. The molecule has 3 aromatic rings. The Hall–Kier alpha value is -2.14. The fourth-order valence-electron chi connectivity index (χ4n) is 3.71. The van der Waals surface area contributed by atoms with Crippen LogP contribution in [-0.2, 0) is 11.3 Å². The quantitative estimate of drug-likeness (QED) is 0.655. The average molecular weight is 412 g/mol. The van der Waals surface area contributed by atoms with Gasteiger partial charge in [-0.2, -0.15) is 0 Å². The number of aromatic nitrogens is 2. The van der Waals surface area contributed by atoms with Crippen molar-refractivity contribution < 1.29 is 4.79 Å². The fraction of sp³-hybridized carbons (Fsp3) is 0.333. The minimum Gasteiger partial charge on any atom is -0.346 e. The minimum atomic E-state index is -0.110. The molecule has 1 amide bonds. The predicted octanol–water partition coefficient (Wildman–Crippen LogP) is 4.80. The van der Waals surface area contributed by atoms with E-state index < -0.39 is 0 Å². The number of rotatable bonds is 5. The van der Waals surface area contributed by atoms with Gasteiger partial charge >= 0.3 is 0 Å². The molecule has 0 radical (unpaired) electrons. The molecule has 134 valence electrons. The first-order valence-electron chi connectivity index (χ1n) is 9.09. The van der Waals surface area contributed by atoms with E-state index in [0.29, 0.717) is 5.92 Å². The molecule has 1 aromatic heterocycles. The van der Waals surface area contributed by atoms with Crippen LogP contribution in [0.5, 0.6) is 0 Å². The SMILES string of the molecule is CCn1c(C(C)NC(=O)C2CC2c2ccc(Br)cc2)nc2ccccc21. The molecule has 26 heavy (non-hydrogen) atoms. The number of carbonyl (C=O) groups excluding carboxylic acids is 1. The summed E-state index contributed by atoms with van der Waals surface area (Å²) in [6.07, 6.45) is 0.921. The Balaban J connectivity index is 1.48. The van der Waals surface area contributed by atoms with E-state index in [2.05, 4.69) is 50.9 Å². The molecule has 4 rings (SSSR count). The van der Waals surface area contributed by atoms with Crippen LogP contribution in [0.2, 0.25) is 0 Å². The van der Waals surface area contributed by atoms with E-state index in [1.807, 2.05) is 37.3 Å². The summed E-state index contributed by atoms with van der Waals surface area (Å²) < 4.78 is 3.24. The molecule has 0 saturated heterocycles. The van der Waals surface area contributed by atoms with E-state index in [0.717, 1.165) is 34.3 Å². The van der Waals surface area contributed by atoms with Crippen LogP contribution >= 0.6 is 15.9 Å². The first kappa shape index (κ1) is 17.3. The van der Waals surface area contributed by atoms with Crippen molar-refractivity contribution in [2.75, 3.05) is 0 Å². The van der Waals surface area contributed by atoms with Gasteiger partial charge in [0.25, 0.3) is 0 Å². The highest BCUT2D eigenvalue weighted by atomic mass is 79.9. The van der Waals surface area contributed by atoms with Crippen LogP contribution in [0, 0.1) is 5.92 Å². The fourth-order valence-corrected chi connectivity index (χ4v) is 3.97. The number of hydrogen-bond acceptors (Lipinski definition) is 2. The van der Waals surface area contributed by atoms with Crippen molar-refractivity contribution in [2.45, 2.75) is 38.8 Å². The van der Waals surface area contributed by atoms with E-state index >= 15 is 0 Å². The lowest BCUT2D eigenvalue weighted by molar-refractivity contribution is -0.123. The number of fused-ring (bicyclic) bond motifs is 1. The number of aryl methyl sites for hydroxylation is 1. The van der Waals surface area contributed by atoms with Crippen LogP contribution in [0.4, 0.5) is 0 Å². The van der Waals surface area contributed by atoms with Gasteiger partial charge in [0.05, 0.1) is 17.1 Å². The zero-order chi connectivity index (χ0) is 18.3. The first-order chi connectivity index (χ1) is 12.6. The number of para-hydroxylation sites is 2. The Kier molecular flexibility index (Phi) is 4.57. The van der Waals surface area contributed by atoms with Gasteiger partial charge in [-0.05, 0) is 56.0 Å². The number of halogens is 1. The minimum absolute atomic E-state index is 0.0677. The summed E-state index contributed by atoms with van der Waals surface area (Å²) in [7, 11) is 0. The second-order valence-corrected chi connectivity index (χ2v) is 7.85. The Bertz CT molecular complexity index is 948. The molecule has 2 aromatic carbocycles. The number of benzene rings is 2. The van der Waals surface area contributed by atoms with Gasteiger partial charge in [-0.3, -0.25) is 4.79 Å². The summed E-state index contributed by atoms with van der Waals surface area (Å²) in [5, 5.41) is 3.17. The Labute approximate surface area is 161 Å². The summed E-state index contributed by atoms with van der Waals surface area (Å²) in [6, 6.07) is 16.3. The third kappa shape index (κ3) is 3.16. The van der Waals surface area contributed by atoms with Gasteiger partial charge in [-0.1, -0.05) is 40.2 Å². The van der Waals surface area contributed by atoms with E-state index in [4.69, 9.17) is 4.98 Å². The third-order valence-electron chi connectivity index (χ3n) is 5.17. The van der Waals surface area contributed by atoms with Gasteiger partial charge in [0.15, 0.2) is 0 Å². The molecule has 1 aliphatic rings. The maximum Gasteiger partial charge on any atom is 0.224 e. The molecule has 5 heteroatoms. The Morgan fingerprint density at radius 3 is 2.73 bits per heavy atom. The van der Waals surface area contributed by atoms with Crippen molar-refractivity contribution in [3.8, 4) is 0 Å². The maximum atomic E-state index is 12.7. The summed E-state index contributed by atoms with van der Waals surface area (Å²) in [5.41, 5.74) is 3.33. The van der Waals surface area contributed by atoms with Crippen molar-refractivity contribution in [1.29, 1.82) is 0 Å². The number of imidazole rings is 1. The lowest BCUT2D eigenvalue weighted by atomic mass is 10.1. The Morgan fingerprint density at radius 1 is 1.27 bits per heavy atom. The summed E-state index contributed by atoms with van der Waals surface area (Å²) in [5.74, 6) is 1.45. The van der Waals surface area contributed by atoms with Gasteiger partial charge in [0.1, 0.15) is 5.82 Å². The summed E-state index contributed by atoms with van der Waals surface area (Å²) in [4.78, 5) is 17.4. The van der Waals surface area contributed by atoms with E-state index in [1.54, 1.807) is 0 Å². The zero-order valence-electron chi connectivity index (χ0n) is 14.9. The molecular formula is C21H22BrN3O. The first-order valence-corrected chi connectivity index (χ1v) is 9.88. The van der Waals surface area contributed by atoms with Crippen LogP contribution in [0.25, 0.3) is 11.0 Å². The van der Waals surface area contributed by atoms with Crippen LogP contribution in [-0.4, -0.2) is 15.5 Å². The third-order valence-corrected chi connectivity index (χ3v) is 5.70. The van der Waals surface area contributed by atoms with Crippen LogP contribution < -0.4 is 5.32 Å². The van der Waals surface area contributed by atoms with E-state index in [-0.39, 0.29) is 17.9 Å². The molecule has 4 nitrogen and oxygen atoms in total.